The third kappa shape index (κ3) is 3.57. The molecule has 3 rings (SSSR count). The Morgan fingerprint density at radius 2 is 1.56 bits per heavy atom. The predicted molar refractivity (Wildman–Crippen MR) is 99.7 cm³/mol. The van der Waals surface area contributed by atoms with Crippen molar-refractivity contribution in [2.75, 3.05) is 28.4 Å². The van der Waals surface area contributed by atoms with E-state index in [1.54, 1.807) is 49.6 Å². The summed E-state index contributed by atoms with van der Waals surface area (Å²) in [6.07, 6.45) is 1.58. The molecule has 0 spiro atoms. The van der Waals surface area contributed by atoms with E-state index in [0.29, 0.717) is 34.1 Å². The molecule has 1 heterocycles. The van der Waals surface area contributed by atoms with Crippen molar-refractivity contribution in [3.63, 3.8) is 0 Å². The molecule has 0 aliphatic carbocycles. The van der Waals surface area contributed by atoms with Gasteiger partial charge < -0.3 is 23.7 Å². The van der Waals surface area contributed by atoms with E-state index in [4.69, 9.17) is 23.7 Å². The maximum Gasteiger partial charge on any atom is 0.363 e. The number of hydrogen-bond donors (Lipinski definition) is 0. The highest BCUT2D eigenvalue weighted by atomic mass is 16.6. The van der Waals surface area contributed by atoms with Gasteiger partial charge in [0.25, 0.3) is 0 Å². The van der Waals surface area contributed by atoms with Crippen molar-refractivity contribution in [3.8, 4) is 23.0 Å². The molecule has 0 saturated carbocycles. The van der Waals surface area contributed by atoms with Gasteiger partial charge in [0.05, 0.1) is 28.4 Å². The minimum absolute atomic E-state index is 0.159. The number of hydrogen-bond acceptors (Lipinski definition) is 7. The minimum atomic E-state index is -0.544. The summed E-state index contributed by atoms with van der Waals surface area (Å²) < 4.78 is 26.5. The summed E-state index contributed by atoms with van der Waals surface area (Å²) in [6, 6.07) is 10.6. The highest BCUT2D eigenvalue weighted by molar-refractivity contribution is 6.13. The van der Waals surface area contributed by atoms with Gasteiger partial charge in [-0.2, -0.15) is 0 Å². The molecule has 0 aromatic heterocycles. The summed E-state index contributed by atoms with van der Waals surface area (Å²) in [4.78, 5) is 16.5. The van der Waals surface area contributed by atoms with Crippen molar-refractivity contribution in [1.82, 2.24) is 0 Å². The number of cyclic esters (lactones) is 1. The predicted octanol–water partition coefficient (Wildman–Crippen LogP) is 3.07. The lowest BCUT2D eigenvalue weighted by atomic mass is 10.1. The molecule has 7 nitrogen and oxygen atoms in total. The molecular formula is C20H19NO6. The van der Waals surface area contributed by atoms with E-state index in [1.807, 2.05) is 0 Å². The first-order chi connectivity index (χ1) is 13.1. The van der Waals surface area contributed by atoms with Gasteiger partial charge in [0.1, 0.15) is 5.75 Å². The molecule has 0 atom stereocenters. The lowest BCUT2D eigenvalue weighted by Crippen LogP contribution is -2.05. The second-order valence-electron chi connectivity index (χ2n) is 5.49. The standard InChI is InChI=1S/C20H19NO6/c1-23-14-8-5-12(6-9-14)19-21-15(20(22)27-19)11-13-7-10-16(24-2)18(26-4)17(13)25-3/h5-11H,1-4H3/b15-11-. The Morgan fingerprint density at radius 3 is 2.15 bits per heavy atom. The Labute approximate surface area is 156 Å². The molecule has 27 heavy (non-hydrogen) atoms. The maximum atomic E-state index is 12.2. The van der Waals surface area contributed by atoms with Crippen LogP contribution in [0.3, 0.4) is 0 Å². The van der Waals surface area contributed by atoms with Crippen LogP contribution < -0.4 is 18.9 Å². The van der Waals surface area contributed by atoms with Crippen LogP contribution in [-0.4, -0.2) is 40.3 Å². The number of nitrogens with zero attached hydrogens (tertiary/aromatic N) is 1. The van der Waals surface area contributed by atoms with Crippen molar-refractivity contribution in [1.29, 1.82) is 0 Å². The van der Waals surface area contributed by atoms with Crippen LogP contribution in [0.2, 0.25) is 0 Å². The first-order valence-electron chi connectivity index (χ1n) is 8.07. The fraction of sp³-hybridized carbons (Fsp3) is 0.200. The van der Waals surface area contributed by atoms with E-state index < -0.39 is 5.97 Å². The topological polar surface area (TPSA) is 75.6 Å². The average Bonchev–Trinajstić information content (AvgIpc) is 3.07. The summed E-state index contributed by atoms with van der Waals surface area (Å²) in [5, 5.41) is 0. The number of esters is 1. The van der Waals surface area contributed by atoms with Crippen LogP contribution in [0, 0.1) is 0 Å². The largest absolute Gasteiger partial charge is 0.497 e. The molecule has 0 radical (unpaired) electrons. The molecule has 0 fully saturated rings. The van der Waals surface area contributed by atoms with Gasteiger partial charge in [-0.15, -0.1) is 0 Å². The van der Waals surface area contributed by atoms with Gasteiger partial charge in [0.2, 0.25) is 11.6 Å². The van der Waals surface area contributed by atoms with E-state index in [9.17, 15) is 4.79 Å². The first-order valence-corrected chi connectivity index (χ1v) is 8.07. The van der Waals surface area contributed by atoms with Crippen molar-refractivity contribution >= 4 is 17.9 Å². The van der Waals surface area contributed by atoms with Crippen LogP contribution in [0.1, 0.15) is 11.1 Å². The van der Waals surface area contributed by atoms with Crippen molar-refractivity contribution in [2.24, 2.45) is 4.99 Å². The van der Waals surface area contributed by atoms with Gasteiger partial charge in [-0.1, -0.05) is 0 Å². The molecule has 0 amide bonds. The number of carbonyl (C=O) groups is 1. The van der Waals surface area contributed by atoms with Crippen LogP contribution >= 0.6 is 0 Å². The highest BCUT2D eigenvalue weighted by Crippen LogP contribution is 2.40. The first kappa shape index (κ1) is 18.3. The maximum absolute atomic E-state index is 12.2. The molecule has 140 valence electrons. The van der Waals surface area contributed by atoms with E-state index >= 15 is 0 Å². The normalized spacial score (nSPS) is 14.6. The summed E-state index contributed by atoms with van der Waals surface area (Å²) in [5.41, 5.74) is 1.44. The number of carbonyl (C=O) groups excluding carboxylic acids is 1. The number of benzene rings is 2. The Balaban J connectivity index is 1.99. The van der Waals surface area contributed by atoms with E-state index in [-0.39, 0.29) is 11.6 Å². The lowest BCUT2D eigenvalue weighted by molar-refractivity contribution is -0.129. The minimum Gasteiger partial charge on any atom is -0.497 e. The van der Waals surface area contributed by atoms with Crippen LogP contribution in [0.25, 0.3) is 6.08 Å². The average molecular weight is 369 g/mol. The molecule has 0 saturated heterocycles. The molecule has 1 aliphatic rings. The van der Waals surface area contributed by atoms with Gasteiger partial charge >= 0.3 is 5.97 Å². The van der Waals surface area contributed by atoms with Crippen molar-refractivity contribution in [2.45, 2.75) is 0 Å². The highest BCUT2D eigenvalue weighted by Gasteiger charge is 2.25. The third-order valence-corrected chi connectivity index (χ3v) is 3.98. The zero-order valence-corrected chi connectivity index (χ0v) is 15.4. The molecule has 1 aliphatic heterocycles. The molecular weight excluding hydrogens is 350 g/mol. The van der Waals surface area contributed by atoms with Gasteiger partial charge in [0, 0.05) is 11.1 Å². The zero-order chi connectivity index (χ0) is 19.4. The van der Waals surface area contributed by atoms with Crippen LogP contribution in [0.15, 0.2) is 47.1 Å². The second kappa shape index (κ2) is 7.82. The molecule has 0 N–H and O–H groups in total. The summed E-state index contributed by atoms with van der Waals surface area (Å²) in [6.45, 7) is 0. The van der Waals surface area contributed by atoms with Crippen LogP contribution in [0.5, 0.6) is 23.0 Å². The lowest BCUT2D eigenvalue weighted by Gasteiger charge is -2.14. The molecule has 7 heteroatoms. The van der Waals surface area contributed by atoms with Crippen molar-refractivity contribution < 1.29 is 28.5 Å². The summed E-state index contributed by atoms with van der Waals surface area (Å²) in [5.74, 6) is 1.78. The fourth-order valence-corrected chi connectivity index (χ4v) is 2.65. The van der Waals surface area contributed by atoms with Gasteiger partial charge in [-0.25, -0.2) is 9.79 Å². The van der Waals surface area contributed by atoms with Crippen LogP contribution in [-0.2, 0) is 9.53 Å². The van der Waals surface area contributed by atoms with Gasteiger partial charge in [-0.05, 0) is 42.5 Å². The Bertz CT molecular complexity index is 915. The Morgan fingerprint density at radius 1 is 0.852 bits per heavy atom. The number of rotatable bonds is 6. The molecule has 0 unspecified atom stereocenters. The summed E-state index contributed by atoms with van der Waals surface area (Å²) in [7, 11) is 6.15. The van der Waals surface area contributed by atoms with E-state index in [1.165, 1.54) is 21.3 Å². The quantitative estimate of drug-likeness (QED) is 0.575. The zero-order valence-electron chi connectivity index (χ0n) is 15.4. The monoisotopic (exact) mass is 369 g/mol. The van der Waals surface area contributed by atoms with Gasteiger partial charge in [0.15, 0.2) is 17.2 Å². The Kier molecular flexibility index (Phi) is 5.30. The van der Waals surface area contributed by atoms with Crippen LogP contribution in [0.4, 0.5) is 0 Å². The SMILES string of the molecule is COc1ccc(C2=N/C(=C\c3ccc(OC)c(OC)c3OC)C(=O)O2)cc1. The fourth-order valence-electron chi connectivity index (χ4n) is 2.65. The smallest absolute Gasteiger partial charge is 0.363 e. The molecule has 0 bridgehead atoms. The second-order valence-corrected chi connectivity index (χ2v) is 5.49. The third-order valence-electron chi connectivity index (χ3n) is 3.98. The van der Waals surface area contributed by atoms with E-state index in [0.717, 1.165) is 0 Å². The Hall–Kier alpha value is -3.48. The molecule has 2 aromatic carbocycles. The summed E-state index contributed by atoms with van der Waals surface area (Å²) >= 11 is 0. The van der Waals surface area contributed by atoms with Crippen molar-refractivity contribution in [3.05, 3.63) is 53.2 Å². The van der Waals surface area contributed by atoms with E-state index in [2.05, 4.69) is 4.99 Å². The van der Waals surface area contributed by atoms with Gasteiger partial charge in [-0.3, -0.25) is 0 Å². The number of aliphatic imine (C=N–C) groups is 1. The number of methoxy groups -OCH3 is 4. The molecule has 2 aromatic rings. The number of ether oxygens (including phenoxy) is 5.